The third-order valence-corrected chi connectivity index (χ3v) is 4.25. The van der Waals surface area contributed by atoms with Crippen LogP contribution in [0.15, 0.2) is 47.7 Å². The minimum Gasteiger partial charge on any atom is -0.342 e. The quantitative estimate of drug-likeness (QED) is 0.632. The highest BCUT2D eigenvalue weighted by atomic mass is 16.1. The van der Waals surface area contributed by atoms with Crippen LogP contribution in [0.1, 0.15) is 11.1 Å². The highest BCUT2D eigenvalue weighted by molar-refractivity contribution is 6.06. The SMILES string of the molecule is O=c1ncn2c3c4c1C=CCN4C=Cc3c1ccccc12. The first-order valence-corrected chi connectivity index (χ1v) is 6.92. The fraction of sp³-hybridized carbons (Fsp3) is 0.0588. The smallest absolute Gasteiger partial charge is 0.280 e. The number of benzene rings is 1. The topological polar surface area (TPSA) is 37.6 Å². The highest BCUT2D eigenvalue weighted by Crippen LogP contribution is 2.39. The Labute approximate surface area is 120 Å². The molecule has 0 saturated heterocycles. The molecule has 2 aromatic heterocycles. The minimum atomic E-state index is -0.181. The van der Waals surface area contributed by atoms with Crippen LogP contribution in [0.2, 0.25) is 0 Å². The maximum Gasteiger partial charge on any atom is 0.280 e. The van der Waals surface area contributed by atoms with E-state index >= 15 is 0 Å². The molecule has 4 nitrogen and oxygen atoms in total. The van der Waals surface area contributed by atoms with Gasteiger partial charge in [-0.25, -0.2) is 0 Å². The molecule has 0 bridgehead atoms. The monoisotopic (exact) mass is 273 g/mol. The predicted molar refractivity (Wildman–Crippen MR) is 84.4 cm³/mol. The lowest BCUT2D eigenvalue weighted by Crippen LogP contribution is -2.23. The van der Waals surface area contributed by atoms with Gasteiger partial charge in [0.25, 0.3) is 5.56 Å². The van der Waals surface area contributed by atoms with Crippen molar-refractivity contribution in [2.24, 2.45) is 0 Å². The number of hydrogen-bond donors (Lipinski definition) is 0. The Kier molecular flexibility index (Phi) is 1.86. The van der Waals surface area contributed by atoms with Gasteiger partial charge in [-0.2, -0.15) is 4.98 Å². The molecule has 0 spiro atoms. The van der Waals surface area contributed by atoms with Crippen molar-refractivity contribution in [1.82, 2.24) is 9.38 Å². The molecule has 4 heterocycles. The number of fused-ring (bicyclic) bond motifs is 3. The summed E-state index contributed by atoms with van der Waals surface area (Å²) in [6.45, 7) is 0.781. The van der Waals surface area contributed by atoms with Crippen molar-refractivity contribution >= 4 is 34.3 Å². The van der Waals surface area contributed by atoms with Crippen molar-refractivity contribution in [2.45, 2.75) is 0 Å². The van der Waals surface area contributed by atoms with Crippen LogP contribution < -0.4 is 10.5 Å². The van der Waals surface area contributed by atoms with Crippen LogP contribution in [0.5, 0.6) is 0 Å². The van der Waals surface area contributed by atoms with Crippen LogP contribution in [0.25, 0.3) is 28.6 Å². The van der Waals surface area contributed by atoms with E-state index in [4.69, 9.17) is 0 Å². The van der Waals surface area contributed by atoms with E-state index in [-0.39, 0.29) is 5.56 Å². The maximum absolute atomic E-state index is 12.3. The van der Waals surface area contributed by atoms with Crippen LogP contribution in [-0.2, 0) is 0 Å². The van der Waals surface area contributed by atoms with Gasteiger partial charge in [-0.05, 0) is 18.2 Å². The van der Waals surface area contributed by atoms with Gasteiger partial charge in [0.15, 0.2) is 0 Å². The third-order valence-electron chi connectivity index (χ3n) is 4.25. The molecule has 3 aromatic rings. The summed E-state index contributed by atoms with van der Waals surface area (Å²) in [7, 11) is 0. The van der Waals surface area contributed by atoms with E-state index < -0.39 is 0 Å². The highest BCUT2D eigenvalue weighted by Gasteiger charge is 2.24. The largest absolute Gasteiger partial charge is 0.342 e. The van der Waals surface area contributed by atoms with Crippen LogP contribution in [-0.4, -0.2) is 15.9 Å². The summed E-state index contributed by atoms with van der Waals surface area (Å²) in [5, 5.41) is 1.19. The average Bonchev–Trinajstić information content (AvgIpc) is 2.78. The number of hydrogen-bond acceptors (Lipinski definition) is 3. The van der Waals surface area contributed by atoms with Crippen molar-refractivity contribution in [2.75, 3.05) is 11.4 Å². The Balaban J connectivity index is 2.17. The zero-order valence-electron chi connectivity index (χ0n) is 11.2. The van der Waals surface area contributed by atoms with E-state index in [1.54, 1.807) is 6.33 Å². The molecule has 100 valence electrons. The molecule has 2 aliphatic rings. The van der Waals surface area contributed by atoms with Gasteiger partial charge in [0.1, 0.15) is 6.33 Å². The standard InChI is InChI=1S/C17H11N3O/c21-17-13-5-3-8-19-9-7-12-11-4-1-2-6-14(11)20(10-18-17)16(12)15(13)19/h1-7,9-10H,8H2. The molecule has 0 fully saturated rings. The molecule has 0 radical (unpaired) electrons. The maximum atomic E-state index is 12.3. The van der Waals surface area contributed by atoms with Gasteiger partial charge < -0.3 is 4.90 Å². The zero-order valence-corrected chi connectivity index (χ0v) is 11.2. The molecular formula is C17H11N3O. The van der Waals surface area contributed by atoms with Gasteiger partial charge in [-0.3, -0.25) is 9.20 Å². The predicted octanol–water partition coefficient (Wildman–Crippen LogP) is 2.67. The van der Waals surface area contributed by atoms with Crippen LogP contribution in [0, 0.1) is 0 Å². The van der Waals surface area contributed by atoms with Crippen molar-refractivity contribution in [3.8, 4) is 0 Å². The molecular weight excluding hydrogens is 262 g/mol. The van der Waals surface area contributed by atoms with E-state index in [0.717, 1.165) is 28.8 Å². The molecule has 4 heteroatoms. The van der Waals surface area contributed by atoms with Crippen molar-refractivity contribution < 1.29 is 0 Å². The second-order valence-corrected chi connectivity index (χ2v) is 5.33. The van der Waals surface area contributed by atoms with Gasteiger partial charge >= 0.3 is 0 Å². The van der Waals surface area contributed by atoms with E-state index in [1.165, 1.54) is 5.39 Å². The molecule has 5 rings (SSSR count). The van der Waals surface area contributed by atoms with Gasteiger partial charge in [0, 0.05) is 23.7 Å². The van der Waals surface area contributed by atoms with Crippen LogP contribution in [0.4, 0.5) is 5.69 Å². The van der Waals surface area contributed by atoms with Gasteiger partial charge in [0.05, 0.1) is 22.3 Å². The van der Waals surface area contributed by atoms with Crippen molar-refractivity contribution in [1.29, 1.82) is 0 Å². The molecule has 0 amide bonds. The average molecular weight is 273 g/mol. The number of para-hydroxylation sites is 1. The minimum absolute atomic E-state index is 0.181. The van der Waals surface area contributed by atoms with Crippen molar-refractivity contribution in [3.05, 3.63) is 64.3 Å². The zero-order chi connectivity index (χ0) is 14.0. The lowest BCUT2D eigenvalue weighted by molar-refractivity contribution is 1.07. The summed E-state index contributed by atoms with van der Waals surface area (Å²) in [5.41, 5.74) is 4.76. The van der Waals surface area contributed by atoms with Gasteiger partial charge in [-0.1, -0.05) is 24.3 Å². The second kappa shape index (κ2) is 3.61. The Morgan fingerprint density at radius 2 is 2.00 bits per heavy atom. The first kappa shape index (κ1) is 10.9. The summed E-state index contributed by atoms with van der Waals surface area (Å²) in [5.74, 6) is 0. The van der Waals surface area contributed by atoms with E-state index in [9.17, 15) is 4.79 Å². The normalized spacial score (nSPS) is 15.1. The Hall–Kier alpha value is -2.88. The van der Waals surface area contributed by atoms with Crippen LogP contribution >= 0.6 is 0 Å². The summed E-state index contributed by atoms with van der Waals surface area (Å²) in [6, 6.07) is 8.22. The van der Waals surface area contributed by atoms with E-state index in [2.05, 4.69) is 34.3 Å². The molecule has 0 aliphatic carbocycles. The Bertz CT molecular complexity index is 1040. The molecule has 0 unspecified atom stereocenters. The fourth-order valence-electron chi connectivity index (χ4n) is 3.34. The Morgan fingerprint density at radius 3 is 2.95 bits per heavy atom. The molecule has 0 atom stereocenters. The van der Waals surface area contributed by atoms with Gasteiger partial charge in [-0.15, -0.1) is 0 Å². The summed E-state index contributed by atoms with van der Waals surface area (Å²) in [4.78, 5) is 18.5. The third kappa shape index (κ3) is 1.24. The Morgan fingerprint density at radius 1 is 1.10 bits per heavy atom. The lowest BCUT2D eigenvalue weighted by atomic mass is 10.0. The second-order valence-electron chi connectivity index (χ2n) is 5.33. The number of aromatic nitrogens is 2. The summed E-state index contributed by atoms with van der Waals surface area (Å²) >= 11 is 0. The number of nitrogens with zero attached hydrogens (tertiary/aromatic N) is 3. The summed E-state index contributed by atoms with van der Waals surface area (Å²) in [6.07, 6.45) is 9.71. The van der Waals surface area contributed by atoms with Crippen molar-refractivity contribution in [3.63, 3.8) is 0 Å². The molecule has 0 saturated carbocycles. The summed E-state index contributed by atoms with van der Waals surface area (Å²) < 4.78 is 2.03. The number of anilines is 1. The first-order chi connectivity index (χ1) is 10.3. The van der Waals surface area contributed by atoms with Crippen LogP contribution in [0.3, 0.4) is 0 Å². The molecule has 1 aromatic carbocycles. The molecule has 0 N–H and O–H groups in total. The fourth-order valence-corrected chi connectivity index (χ4v) is 3.34. The number of rotatable bonds is 0. The van der Waals surface area contributed by atoms with E-state index in [0.29, 0.717) is 5.56 Å². The lowest BCUT2D eigenvalue weighted by Gasteiger charge is -2.26. The molecule has 21 heavy (non-hydrogen) atoms. The van der Waals surface area contributed by atoms with E-state index in [1.807, 2.05) is 28.7 Å². The molecule has 2 aliphatic heterocycles. The first-order valence-electron chi connectivity index (χ1n) is 6.92. The van der Waals surface area contributed by atoms with Gasteiger partial charge in [0.2, 0.25) is 0 Å².